The maximum atomic E-state index is 14.2. The van der Waals surface area contributed by atoms with E-state index in [-0.39, 0.29) is 57.5 Å². The summed E-state index contributed by atoms with van der Waals surface area (Å²) in [7, 11) is 0. The molecule has 5 rings (SSSR count). The van der Waals surface area contributed by atoms with Gasteiger partial charge in [0.2, 0.25) is 0 Å². The summed E-state index contributed by atoms with van der Waals surface area (Å²) in [5.74, 6) is 0.894. The molecule has 2 fully saturated rings. The summed E-state index contributed by atoms with van der Waals surface area (Å²) in [6.45, 7) is 7.76. The number of phenolic OH excluding ortho intramolecular Hbond substituents is 1. The van der Waals surface area contributed by atoms with Crippen LogP contribution in [0.3, 0.4) is 0 Å². The molecule has 0 unspecified atom stereocenters. The van der Waals surface area contributed by atoms with Crippen LogP contribution in [0.2, 0.25) is 0 Å². The smallest absolute Gasteiger partial charge is 0.333 e. The molecule has 1 aliphatic heterocycles. The van der Waals surface area contributed by atoms with Crippen molar-refractivity contribution >= 4 is 28.7 Å². The van der Waals surface area contributed by atoms with Gasteiger partial charge in [0.15, 0.2) is 0 Å². The summed E-state index contributed by atoms with van der Waals surface area (Å²) in [5, 5.41) is 14.1. The molecule has 0 spiro atoms. The van der Waals surface area contributed by atoms with Gasteiger partial charge in [-0.05, 0) is 74.0 Å². The van der Waals surface area contributed by atoms with Crippen LogP contribution in [-0.2, 0) is 5.41 Å². The van der Waals surface area contributed by atoms with E-state index in [4.69, 9.17) is 0 Å². The van der Waals surface area contributed by atoms with Crippen molar-refractivity contribution in [3.05, 3.63) is 67.7 Å². The van der Waals surface area contributed by atoms with Crippen molar-refractivity contribution < 1.29 is 14.3 Å². The molecule has 1 amide bonds. The van der Waals surface area contributed by atoms with Gasteiger partial charge in [-0.1, -0.05) is 32.9 Å². The molecule has 8 nitrogen and oxygen atoms in total. The lowest BCUT2D eigenvalue weighted by atomic mass is 9.84. The topological polar surface area (TPSA) is 106 Å². The van der Waals surface area contributed by atoms with Crippen molar-refractivity contribution in [1.29, 1.82) is 0 Å². The van der Waals surface area contributed by atoms with Crippen LogP contribution in [0.5, 0.6) is 5.75 Å². The Bertz CT molecular complexity index is 1560. The van der Waals surface area contributed by atoms with Crippen molar-refractivity contribution in [1.82, 2.24) is 19.4 Å². The number of aryl methyl sites for hydroxylation is 1. The highest BCUT2D eigenvalue weighted by atomic mass is 32.2. The second-order valence-corrected chi connectivity index (χ2v) is 13.3. The van der Waals surface area contributed by atoms with Crippen LogP contribution in [0.15, 0.2) is 34.0 Å². The van der Waals surface area contributed by atoms with Crippen LogP contribution in [0, 0.1) is 12.7 Å². The van der Waals surface area contributed by atoms with Gasteiger partial charge in [0, 0.05) is 23.7 Å². The molecule has 214 valence electrons. The Kier molecular flexibility index (Phi) is 7.83. The number of carbonyl (C=O) groups is 1. The first-order valence-corrected chi connectivity index (χ1v) is 15.2. The Morgan fingerprint density at radius 1 is 1.05 bits per heavy atom. The monoisotopic (exact) mass is 568 g/mol. The first kappa shape index (κ1) is 28.4. The average molecular weight is 569 g/mol. The van der Waals surface area contributed by atoms with E-state index >= 15 is 0 Å². The molecule has 1 aliphatic carbocycles. The number of hydrogen-bond acceptors (Lipinski definition) is 6. The van der Waals surface area contributed by atoms with E-state index in [0.717, 1.165) is 30.5 Å². The fraction of sp³-hybridized carbons (Fsp3) is 0.533. The molecule has 1 saturated heterocycles. The van der Waals surface area contributed by atoms with Crippen molar-refractivity contribution in [3.8, 4) is 5.75 Å². The number of amides is 1. The molecule has 2 N–H and O–H groups in total. The molecule has 0 atom stereocenters. The van der Waals surface area contributed by atoms with E-state index in [1.807, 2.05) is 44.7 Å². The Hall–Kier alpha value is -3.14. The zero-order chi connectivity index (χ0) is 28.8. The fourth-order valence-electron chi connectivity index (χ4n) is 6.12. The number of nitrogens with one attached hydrogen (secondary N) is 1. The number of pyridine rings is 1. The number of aromatic nitrogens is 3. The molecule has 0 radical (unpaired) electrons. The Morgan fingerprint density at radius 2 is 1.70 bits per heavy atom. The zero-order valence-corrected chi connectivity index (χ0v) is 24.3. The van der Waals surface area contributed by atoms with E-state index < -0.39 is 11.4 Å². The molecular weight excluding hydrogens is 531 g/mol. The first-order valence-electron chi connectivity index (χ1n) is 14.0. The lowest BCUT2D eigenvalue weighted by Gasteiger charge is -2.32. The van der Waals surface area contributed by atoms with Crippen LogP contribution in [-0.4, -0.2) is 42.7 Å². The van der Waals surface area contributed by atoms with Crippen molar-refractivity contribution in [2.45, 2.75) is 89.8 Å². The minimum atomic E-state index is -0.610. The number of hydrogen-bond donors (Lipinski definition) is 2. The Labute approximate surface area is 237 Å². The van der Waals surface area contributed by atoms with Crippen LogP contribution in [0.4, 0.5) is 4.39 Å². The molecule has 40 heavy (non-hydrogen) atoms. The number of rotatable bonds is 4. The average Bonchev–Trinajstić information content (AvgIpc) is 2.90. The highest BCUT2D eigenvalue weighted by Gasteiger charge is 2.31. The minimum absolute atomic E-state index is 0.00362. The van der Waals surface area contributed by atoms with Gasteiger partial charge in [-0.25, -0.2) is 14.2 Å². The van der Waals surface area contributed by atoms with E-state index in [9.17, 15) is 23.9 Å². The van der Waals surface area contributed by atoms with E-state index in [1.165, 1.54) is 10.6 Å². The highest BCUT2D eigenvalue weighted by Crippen LogP contribution is 2.35. The molecule has 2 aliphatic rings. The van der Waals surface area contributed by atoms with Gasteiger partial charge in [-0.3, -0.25) is 18.7 Å². The summed E-state index contributed by atoms with van der Waals surface area (Å²) in [6.07, 6.45) is 4.81. The van der Waals surface area contributed by atoms with Crippen molar-refractivity contribution in [2.24, 2.45) is 0 Å². The van der Waals surface area contributed by atoms with Gasteiger partial charge in [0.05, 0.1) is 17.1 Å². The number of carbonyl (C=O) groups excluding carboxylic acids is 1. The van der Waals surface area contributed by atoms with Gasteiger partial charge >= 0.3 is 5.69 Å². The predicted octanol–water partition coefficient (Wildman–Crippen LogP) is 4.99. The van der Waals surface area contributed by atoms with Crippen molar-refractivity contribution in [3.63, 3.8) is 0 Å². The number of aromatic hydroxyl groups is 1. The van der Waals surface area contributed by atoms with E-state index in [1.54, 1.807) is 11.5 Å². The normalized spacial score (nSPS) is 20.5. The van der Waals surface area contributed by atoms with Crippen LogP contribution in [0.25, 0.3) is 11.0 Å². The van der Waals surface area contributed by atoms with Gasteiger partial charge < -0.3 is 10.4 Å². The number of thioether (sulfide) groups is 1. The second kappa shape index (κ2) is 11.0. The molecule has 0 bridgehead atoms. The van der Waals surface area contributed by atoms with Crippen molar-refractivity contribution in [2.75, 3.05) is 11.5 Å². The molecular formula is C30H37FN4O4S. The zero-order valence-electron chi connectivity index (χ0n) is 23.5. The van der Waals surface area contributed by atoms with Gasteiger partial charge in [0.25, 0.3) is 11.5 Å². The predicted molar refractivity (Wildman–Crippen MR) is 156 cm³/mol. The lowest BCUT2D eigenvalue weighted by molar-refractivity contribution is 0.0918. The van der Waals surface area contributed by atoms with Gasteiger partial charge in [-0.15, -0.1) is 0 Å². The largest absolute Gasteiger partial charge is 0.507 e. The third-order valence-corrected chi connectivity index (χ3v) is 9.35. The fourth-order valence-corrected chi connectivity index (χ4v) is 7.20. The van der Waals surface area contributed by atoms with E-state index in [0.29, 0.717) is 36.8 Å². The molecule has 1 aromatic carbocycles. The third-order valence-electron chi connectivity index (χ3n) is 8.30. The summed E-state index contributed by atoms with van der Waals surface area (Å²) in [6, 6.07) is 4.29. The number of halogens is 1. The standard InChI is InChI=1S/C30H37FN4O4S/c1-17-5-10-23(30(2,3)4)25(36)24(17)27(37)33-19-6-8-20(9-7-19)35-28(38)22-15-18(31)16-32-26(22)34(29(35)39)21-11-13-40-14-12-21/h5,10,15-16,19-21,36H,6-9,11-14H2,1-4H3,(H,33,37)/t19-,20+. The number of benzene rings is 1. The number of phenols is 1. The molecule has 10 heteroatoms. The Morgan fingerprint density at radius 3 is 2.35 bits per heavy atom. The Balaban J connectivity index is 1.40. The van der Waals surface area contributed by atoms with Crippen LogP contribution in [0.1, 0.15) is 92.9 Å². The summed E-state index contributed by atoms with van der Waals surface area (Å²) >= 11 is 1.83. The number of fused-ring (bicyclic) bond motifs is 1. The van der Waals surface area contributed by atoms with Crippen LogP contribution < -0.4 is 16.6 Å². The maximum absolute atomic E-state index is 14.2. The maximum Gasteiger partial charge on any atom is 0.333 e. The quantitative estimate of drug-likeness (QED) is 0.459. The molecule has 3 heterocycles. The van der Waals surface area contributed by atoms with Gasteiger partial charge in [-0.2, -0.15) is 11.8 Å². The minimum Gasteiger partial charge on any atom is -0.507 e. The third kappa shape index (κ3) is 5.30. The lowest BCUT2D eigenvalue weighted by Crippen LogP contribution is -2.46. The highest BCUT2D eigenvalue weighted by molar-refractivity contribution is 7.99. The van der Waals surface area contributed by atoms with E-state index in [2.05, 4.69) is 10.3 Å². The second-order valence-electron chi connectivity index (χ2n) is 12.1. The summed E-state index contributed by atoms with van der Waals surface area (Å²) in [4.78, 5) is 44.8. The summed E-state index contributed by atoms with van der Waals surface area (Å²) in [5.41, 5.74) is 0.714. The number of nitrogens with zero attached hydrogens (tertiary/aromatic N) is 3. The van der Waals surface area contributed by atoms with Crippen LogP contribution >= 0.6 is 11.8 Å². The summed E-state index contributed by atoms with van der Waals surface area (Å²) < 4.78 is 17.1. The molecule has 3 aromatic rings. The first-order chi connectivity index (χ1) is 19.0. The molecule has 2 aromatic heterocycles. The SMILES string of the molecule is Cc1ccc(C(C)(C)C)c(O)c1C(=O)N[C@H]1CC[C@@H](n2c(=O)c3cc(F)cnc3n(C3CCSCC3)c2=O)CC1. The van der Waals surface area contributed by atoms with Gasteiger partial charge in [0.1, 0.15) is 17.2 Å². The molecule has 1 saturated carbocycles.